The van der Waals surface area contributed by atoms with Gasteiger partial charge in [-0.05, 0) is 23.8 Å². The van der Waals surface area contributed by atoms with Crippen LogP contribution in [-0.4, -0.2) is 19.6 Å². The number of aliphatic hydroxyl groups excluding tert-OH is 1. The number of rotatable bonds is 3. The Balaban J connectivity index is 1.96. The Hall–Kier alpha value is -1.85. The fraction of sp³-hybridized carbons (Fsp3) is 0.143. The van der Waals surface area contributed by atoms with E-state index in [0.29, 0.717) is 0 Å². The topological polar surface area (TPSA) is 50.9 Å². The van der Waals surface area contributed by atoms with Gasteiger partial charge in [-0.3, -0.25) is 0 Å². The van der Waals surface area contributed by atoms with E-state index in [1.54, 1.807) is 24.3 Å². The van der Waals surface area contributed by atoms with E-state index in [1.165, 1.54) is 0 Å². The highest BCUT2D eigenvalue weighted by atomic mass is 32.2. The second-order valence-electron chi connectivity index (χ2n) is 4.24. The quantitative estimate of drug-likeness (QED) is 0.795. The van der Waals surface area contributed by atoms with Crippen molar-refractivity contribution in [2.75, 3.05) is 0 Å². The van der Waals surface area contributed by atoms with Gasteiger partial charge in [0.25, 0.3) is 0 Å². The van der Waals surface area contributed by atoms with Gasteiger partial charge in [-0.1, -0.05) is 23.9 Å². The van der Waals surface area contributed by atoms with Crippen molar-refractivity contribution in [3.63, 3.8) is 0 Å². The van der Waals surface area contributed by atoms with E-state index < -0.39 is 0 Å². The molecule has 0 radical (unpaired) electrons. The maximum atomic E-state index is 9.03. The molecule has 0 fully saturated rings. The summed E-state index contributed by atoms with van der Waals surface area (Å²) >= 11 is 1.58. The second kappa shape index (κ2) is 5.03. The second-order valence-corrected chi connectivity index (χ2v) is 5.31. The summed E-state index contributed by atoms with van der Waals surface area (Å²) in [6.45, 7) is 0.0685. The average Bonchev–Trinajstić information content (AvgIpc) is 2.83. The van der Waals surface area contributed by atoms with E-state index >= 15 is 0 Å². The minimum absolute atomic E-state index is 0.0685. The zero-order valence-electron chi connectivity index (χ0n) is 10.4. The number of hydrogen-bond donors (Lipinski definition) is 1. The summed E-state index contributed by atoms with van der Waals surface area (Å²) in [5.74, 6) is 0. The maximum absolute atomic E-state index is 9.03. The van der Waals surface area contributed by atoms with Crippen LogP contribution in [0.25, 0.3) is 11.0 Å². The Morgan fingerprint density at radius 3 is 2.68 bits per heavy atom. The minimum Gasteiger partial charge on any atom is -0.392 e. The van der Waals surface area contributed by atoms with Crippen LogP contribution < -0.4 is 0 Å². The van der Waals surface area contributed by atoms with Gasteiger partial charge in [0.2, 0.25) is 0 Å². The van der Waals surface area contributed by atoms with Crippen LogP contribution in [0, 0.1) is 0 Å². The van der Waals surface area contributed by atoms with Crippen molar-refractivity contribution in [2.24, 2.45) is 7.05 Å². The Morgan fingerprint density at radius 1 is 1.16 bits per heavy atom. The predicted molar refractivity (Wildman–Crippen MR) is 75.0 cm³/mol. The zero-order valence-corrected chi connectivity index (χ0v) is 11.3. The number of nitrogens with zero attached hydrogens (tertiary/aromatic N) is 3. The van der Waals surface area contributed by atoms with Crippen molar-refractivity contribution < 1.29 is 5.11 Å². The molecule has 1 aromatic carbocycles. The maximum Gasteiger partial charge on any atom is 0.129 e. The lowest BCUT2D eigenvalue weighted by Crippen LogP contribution is -1.87. The molecule has 0 aliphatic rings. The molecule has 0 atom stereocenters. The number of aliphatic hydroxyl groups is 1. The molecule has 19 heavy (non-hydrogen) atoms. The van der Waals surface area contributed by atoms with Crippen LogP contribution in [0.2, 0.25) is 0 Å². The largest absolute Gasteiger partial charge is 0.392 e. The first-order chi connectivity index (χ1) is 9.28. The highest BCUT2D eigenvalue weighted by molar-refractivity contribution is 7.99. The summed E-state index contributed by atoms with van der Waals surface area (Å²) in [7, 11) is 1.97. The van der Waals surface area contributed by atoms with Crippen molar-refractivity contribution in [3.05, 3.63) is 48.4 Å². The number of benzene rings is 1. The average molecular weight is 271 g/mol. The van der Waals surface area contributed by atoms with Crippen molar-refractivity contribution in [1.82, 2.24) is 14.5 Å². The summed E-state index contributed by atoms with van der Waals surface area (Å²) in [4.78, 5) is 9.87. The van der Waals surface area contributed by atoms with E-state index in [9.17, 15) is 0 Å². The Morgan fingerprint density at radius 2 is 1.95 bits per heavy atom. The van der Waals surface area contributed by atoms with Gasteiger partial charge in [0.1, 0.15) is 10.5 Å². The third-order valence-electron chi connectivity index (χ3n) is 2.93. The molecule has 3 aromatic rings. The van der Waals surface area contributed by atoms with E-state index in [4.69, 9.17) is 5.11 Å². The molecule has 3 rings (SSSR count). The van der Waals surface area contributed by atoms with Crippen LogP contribution in [0.15, 0.2) is 52.8 Å². The molecule has 0 saturated heterocycles. The van der Waals surface area contributed by atoms with Gasteiger partial charge < -0.3 is 9.67 Å². The molecule has 0 aliphatic carbocycles. The summed E-state index contributed by atoms with van der Waals surface area (Å²) in [6.07, 6.45) is 3.60. The first-order valence-electron chi connectivity index (χ1n) is 5.91. The Labute approximate surface area is 115 Å². The molecule has 0 amide bonds. The fourth-order valence-corrected chi connectivity index (χ4v) is 2.75. The Bertz CT molecular complexity index is 706. The standard InChI is InChI=1S/C14H13N3OS/c1-17-9-16-13-12(17)6-7-15-14(13)19-11-4-2-10(8-18)3-5-11/h2-7,9,18H,8H2,1H3. The number of fused-ring (bicyclic) bond motifs is 1. The monoisotopic (exact) mass is 271 g/mol. The smallest absolute Gasteiger partial charge is 0.129 e. The summed E-state index contributed by atoms with van der Waals surface area (Å²) < 4.78 is 1.98. The number of hydrogen-bond acceptors (Lipinski definition) is 4. The highest BCUT2D eigenvalue weighted by Crippen LogP contribution is 2.30. The molecule has 0 bridgehead atoms. The number of aryl methyl sites for hydroxylation is 1. The fourth-order valence-electron chi connectivity index (χ4n) is 1.89. The van der Waals surface area contributed by atoms with Crippen LogP contribution in [0.5, 0.6) is 0 Å². The van der Waals surface area contributed by atoms with Crippen LogP contribution in [-0.2, 0) is 13.7 Å². The summed E-state index contributed by atoms with van der Waals surface area (Å²) in [6, 6.07) is 9.77. The molecule has 2 heterocycles. The van der Waals surface area contributed by atoms with E-state index in [-0.39, 0.29) is 6.61 Å². The number of imidazole rings is 1. The molecule has 0 aliphatic heterocycles. The lowest BCUT2D eigenvalue weighted by molar-refractivity contribution is 0.282. The third-order valence-corrected chi connectivity index (χ3v) is 3.93. The first kappa shape index (κ1) is 12.2. The van der Waals surface area contributed by atoms with Crippen LogP contribution >= 0.6 is 11.8 Å². The first-order valence-corrected chi connectivity index (χ1v) is 6.73. The van der Waals surface area contributed by atoms with Crippen molar-refractivity contribution in [3.8, 4) is 0 Å². The van der Waals surface area contributed by atoms with Gasteiger partial charge in [0.05, 0.1) is 18.5 Å². The lowest BCUT2D eigenvalue weighted by Gasteiger charge is -2.03. The molecule has 0 unspecified atom stereocenters. The normalized spacial score (nSPS) is 11.1. The zero-order chi connectivity index (χ0) is 13.2. The number of pyridine rings is 1. The van der Waals surface area contributed by atoms with Gasteiger partial charge in [-0.25, -0.2) is 9.97 Å². The Kier molecular flexibility index (Phi) is 3.23. The van der Waals surface area contributed by atoms with Gasteiger partial charge >= 0.3 is 0 Å². The van der Waals surface area contributed by atoms with Gasteiger partial charge in [-0.2, -0.15) is 0 Å². The van der Waals surface area contributed by atoms with Crippen LogP contribution in [0.1, 0.15) is 5.56 Å². The molecule has 5 heteroatoms. The van der Waals surface area contributed by atoms with Gasteiger partial charge in [-0.15, -0.1) is 0 Å². The molecule has 4 nitrogen and oxygen atoms in total. The van der Waals surface area contributed by atoms with Crippen molar-refractivity contribution in [1.29, 1.82) is 0 Å². The predicted octanol–water partition coefficient (Wildman–Crippen LogP) is 2.61. The lowest BCUT2D eigenvalue weighted by atomic mass is 10.2. The molecule has 2 aromatic heterocycles. The number of aromatic nitrogens is 3. The van der Waals surface area contributed by atoms with Crippen LogP contribution in [0.4, 0.5) is 0 Å². The van der Waals surface area contributed by atoms with E-state index in [0.717, 1.165) is 26.5 Å². The van der Waals surface area contributed by atoms with Gasteiger partial charge in [0.15, 0.2) is 0 Å². The molecule has 0 spiro atoms. The molecule has 0 saturated carbocycles. The highest BCUT2D eigenvalue weighted by Gasteiger charge is 2.08. The molecular weight excluding hydrogens is 258 g/mol. The van der Waals surface area contributed by atoms with Gasteiger partial charge in [0, 0.05) is 18.1 Å². The van der Waals surface area contributed by atoms with Crippen LogP contribution in [0.3, 0.4) is 0 Å². The van der Waals surface area contributed by atoms with E-state index in [1.807, 2.05) is 41.9 Å². The summed E-state index contributed by atoms with van der Waals surface area (Å²) in [5.41, 5.74) is 2.90. The SMILES string of the molecule is Cn1cnc2c(Sc3ccc(CO)cc3)nccc21. The molecular formula is C14H13N3OS. The van der Waals surface area contributed by atoms with Crippen molar-refractivity contribution >= 4 is 22.8 Å². The van der Waals surface area contributed by atoms with Crippen molar-refractivity contribution in [2.45, 2.75) is 16.5 Å². The third kappa shape index (κ3) is 2.34. The van der Waals surface area contributed by atoms with E-state index in [2.05, 4.69) is 9.97 Å². The minimum atomic E-state index is 0.0685. The summed E-state index contributed by atoms with van der Waals surface area (Å²) in [5, 5.41) is 9.93. The molecule has 96 valence electrons. The molecule has 1 N–H and O–H groups in total.